The van der Waals surface area contributed by atoms with Gasteiger partial charge in [0.25, 0.3) is 0 Å². The second-order valence-corrected chi connectivity index (χ2v) is 4.21. The Hall–Kier alpha value is -1.86. The molecule has 0 amide bonds. The number of nitrogens with zero attached hydrogens (tertiary/aromatic N) is 1. The standard InChI is InChI=1S/C12H10N2OS/c13-7-9-3-1-5-11(12(9)14)16-8-10-4-2-6-15-10/h1-6H,8,14H2. The summed E-state index contributed by atoms with van der Waals surface area (Å²) in [6, 6.07) is 11.3. The van der Waals surface area contributed by atoms with Crippen LogP contribution in [0.3, 0.4) is 0 Å². The minimum atomic E-state index is 0.518. The van der Waals surface area contributed by atoms with Crippen LogP contribution in [0.25, 0.3) is 0 Å². The maximum absolute atomic E-state index is 8.84. The number of hydrogen-bond acceptors (Lipinski definition) is 4. The van der Waals surface area contributed by atoms with Gasteiger partial charge in [0.15, 0.2) is 0 Å². The minimum Gasteiger partial charge on any atom is -0.468 e. The highest BCUT2D eigenvalue weighted by atomic mass is 32.2. The Morgan fingerprint density at radius 2 is 2.19 bits per heavy atom. The van der Waals surface area contributed by atoms with Gasteiger partial charge in [0.05, 0.1) is 23.3 Å². The van der Waals surface area contributed by atoms with Crippen LogP contribution in [-0.4, -0.2) is 0 Å². The van der Waals surface area contributed by atoms with E-state index in [0.29, 0.717) is 17.0 Å². The molecule has 0 spiro atoms. The van der Waals surface area contributed by atoms with Gasteiger partial charge in [-0.05, 0) is 24.3 Å². The lowest BCUT2D eigenvalue weighted by Gasteiger charge is -2.05. The first-order valence-electron chi connectivity index (χ1n) is 4.75. The Balaban J connectivity index is 2.13. The van der Waals surface area contributed by atoms with Crippen molar-refractivity contribution in [2.45, 2.75) is 10.6 Å². The first-order chi connectivity index (χ1) is 7.81. The normalized spacial score (nSPS) is 9.94. The summed E-state index contributed by atoms with van der Waals surface area (Å²) in [6.07, 6.45) is 1.64. The highest BCUT2D eigenvalue weighted by Crippen LogP contribution is 2.30. The third-order valence-corrected chi connectivity index (χ3v) is 3.23. The predicted octanol–water partition coefficient (Wildman–Crippen LogP) is 3.03. The monoisotopic (exact) mass is 230 g/mol. The van der Waals surface area contributed by atoms with Crippen LogP contribution in [0.4, 0.5) is 5.69 Å². The average Bonchev–Trinajstić information content (AvgIpc) is 2.81. The van der Waals surface area contributed by atoms with Crippen molar-refractivity contribution in [3.63, 3.8) is 0 Å². The molecule has 80 valence electrons. The van der Waals surface area contributed by atoms with Gasteiger partial charge in [0, 0.05) is 4.90 Å². The van der Waals surface area contributed by atoms with E-state index >= 15 is 0 Å². The fraction of sp³-hybridized carbons (Fsp3) is 0.0833. The van der Waals surface area contributed by atoms with Gasteiger partial charge in [-0.3, -0.25) is 0 Å². The summed E-state index contributed by atoms with van der Waals surface area (Å²) in [4.78, 5) is 0.912. The van der Waals surface area contributed by atoms with Crippen LogP contribution in [0.15, 0.2) is 45.9 Å². The van der Waals surface area contributed by atoms with E-state index < -0.39 is 0 Å². The number of anilines is 1. The highest BCUT2D eigenvalue weighted by Gasteiger charge is 2.05. The van der Waals surface area contributed by atoms with Gasteiger partial charge < -0.3 is 10.2 Å². The second kappa shape index (κ2) is 4.77. The van der Waals surface area contributed by atoms with Crippen LogP contribution in [0, 0.1) is 11.3 Å². The van der Waals surface area contributed by atoms with Crippen LogP contribution < -0.4 is 5.73 Å². The Labute approximate surface area is 97.9 Å². The van der Waals surface area contributed by atoms with Crippen molar-refractivity contribution in [1.29, 1.82) is 5.26 Å². The molecule has 0 bridgehead atoms. The molecule has 3 nitrogen and oxygen atoms in total. The number of benzene rings is 1. The van der Waals surface area contributed by atoms with E-state index in [0.717, 1.165) is 10.7 Å². The van der Waals surface area contributed by atoms with Crippen LogP contribution in [0.1, 0.15) is 11.3 Å². The molecular weight excluding hydrogens is 220 g/mol. The molecule has 0 radical (unpaired) electrons. The van der Waals surface area contributed by atoms with Gasteiger partial charge in [-0.2, -0.15) is 5.26 Å². The van der Waals surface area contributed by atoms with E-state index in [1.807, 2.05) is 24.3 Å². The smallest absolute Gasteiger partial charge is 0.113 e. The van der Waals surface area contributed by atoms with E-state index in [1.54, 1.807) is 24.1 Å². The van der Waals surface area contributed by atoms with Gasteiger partial charge in [-0.25, -0.2) is 0 Å². The lowest BCUT2D eigenvalue weighted by molar-refractivity contribution is 0.530. The van der Waals surface area contributed by atoms with Crippen LogP contribution in [-0.2, 0) is 5.75 Å². The van der Waals surface area contributed by atoms with Gasteiger partial charge in [-0.15, -0.1) is 11.8 Å². The van der Waals surface area contributed by atoms with Gasteiger partial charge in [-0.1, -0.05) is 6.07 Å². The number of hydrogen-bond donors (Lipinski definition) is 1. The number of para-hydroxylation sites is 1. The van der Waals surface area contributed by atoms with Gasteiger partial charge in [0.1, 0.15) is 11.8 Å². The quantitative estimate of drug-likeness (QED) is 0.650. The fourth-order valence-corrected chi connectivity index (χ4v) is 2.21. The third-order valence-electron chi connectivity index (χ3n) is 2.14. The van der Waals surface area contributed by atoms with Crippen LogP contribution in [0.5, 0.6) is 0 Å². The molecule has 2 N–H and O–H groups in total. The SMILES string of the molecule is N#Cc1cccc(SCc2ccco2)c1N. The third kappa shape index (κ3) is 2.20. The van der Waals surface area contributed by atoms with Gasteiger partial charge in [0.2, 0.25) is 0 Å². The van der Waals surface area contributed by atoms with Crippen LogP contribution in [0.2, 0.25) is 0 Å². The molecule has 1 heterocycles. The number of nitrogen functional groups attached to an aromatic ring is 1. The van der Waals surface area contributed by atoms with E-state index in [4.69, 9.17) is 15.4 Å². The zero-order valence-corrected chi connectivity index (χ0v) is 9.33. The van der Waals surface area contributed by atoms with Crippen molar-refractivity contribution in [2.75, 3.05) is 5.73 Å². The van der Waals surface area contributed by atoms with Crippen molar-refractivity contribution in [1.82, 2.24) is 0 Å². The van der Waals surface area contributed by atoms with Crippen molar-refractivity contribution >= 4 is 17.4 Å². The summed E-state index contributed by atoms with van der Waals surface area (Å²) < 4.78 is 5.23. The maximum Gasteiger partial charge on any atom is 0.113 e. The zero-order chi connectivity index (χ0) is 11.4. The summed E-state index contributed by atoms with van der Waals surface area (Å²) in [7, 11) is 0. The number of thioether (sulfide) groups is 1. The molecule has 0 aliphatic heterocycles. The molecular formula is C12H10N2OS. The lowest BCUT2D eigenvalue weighted by Crippen LogP contribution is -1.92. The molecule has 16 heavy (non-hydrogen) atoms. The largest absolute Gasteiger partial charge is 0.468 e. The maximum atomic E-state index is 8.84. The lowest BCUT2D eigenvalue weighted by atomic mass is 10.2. The first kappa shape index (κ1) is 10.7. The number of rotatable bonds is 3. The number of nitrogens with two attached hydrogens (primary N) is 1. The predicted molar refractivity (Wildman–Crippen MR) is 63.8 cm³/mol. The molecule has 0 fully saturated rings. The first-order valence-corrected chi connectivity index (χ1v) is 5.73. The molecule has 1 aromatic carbocycles. The molecule has 4 heteroatoms. The molecule has 0 atom stereocenters. The highest BCUT2D eigenvalue weighted by molar-refractivity contribution is 7.98. The Morgan fingerprint density at radius 1 is 1.31 bits per heavy atom. The minimum absolute atomic E-state index is 0.518. The molecule has 0 aliphatic rings. The second-order valence-electron chi connectivity index (χ2n) is 3.20. The molecule has 0 saturated carbocycles. The summed E-state index contributed by atoms with van der Waals surface area (Å²) in [5.41, 5.74) is 6.92. The average molecular weight is 230 g/mol. The summed E-state index contributed by atoms with van der Waals surface area (Å²) >= 11 is 1.56. The van der Waals surface area contributed by atoms with Crippen molar-refractivity contribution in [2.24, 2.45) is 0 Å². The molecule has 2 rings (SSSR count). The van der Waals surface area contributed by atoms with Crippen molar-refractivity contribution in [3.8, 4) is 6.07 Å². The molecule has 2 aromatic rings. The van der Waals surface area contributed by atoms with E-state index in [2.05, 4.69) is 6.07 Å². The van der Waals surface area contributed by atoms with Crippen LogP contribution >= 0.6 is 11.8 Å². The number of nitriles is 1. The topological polar surface area (TPSA) is 63.0 Å². The van der Waals surface area contributed by atoms with Crippen molar-refractivity contribution in [3.05, 3.63) is 47.9 Å². The van der Waals surface area contributed by atoms with Gasteiger partial charge >= 0.3 is 0 Å². The Morgan fingerprint density at radius 3 is 2.88 bits per heavy atom. The molecule has 0 unspecified atom stereocenters. The van der Waals surface area contributed by atoms with Crippen molar-refractivity contribution < 1.29 is 4.42 Å². The zero-order valence-electron chi connectivity index (χ0n) is 8.51. The number of furan rings is 1. The molecule has 0 saturated heterocycles. The van der Waals surface area contributed by atoms with E-state index in [9.17, 15) is 0 Å². The summed E-state index contributed by atoms with van der Waals surface area (Å²) in [6.45, 7) is 0. The summed E-state index contributed by atoms with van der Waals surface area (Å²) in [5.74, 6) is 1.61. The van der Waals surface area contributed by atoms with E-state index in [-0.39, 0.29) is 0 Å². The Kier molecular flexibility index (Phi) is 3.18. The molecule has 0 aliphatic carbocycles. The fourth-order valence-electron chi connectivity index (χ4n) is 1.31. The summed E-state index contributed by atoms with van der Waals surface area (Å²) in [5, 5.41) is 8.84. The molecule has 1 aromatic heterocycles. The van der Waals surface area contributed by atoms with E-state index in [1.165, 1.54) is 0 Å². The Bertz CT molecular complexity index is 514.